The fourth-order valence-electron chi connectivity index (χ4n) is 6.62. The Hall–Kier alpha value is -4.35. The van der Waals surface area contributed by atoms with Crippen molar-refractivity contribution in [2.75, 3.05) is 43.4 Å². The summed E-state index contributed by atoms with van der Waals surface area (Å²) >= 11 is 0. The minimum Gasteiger partial charge on any atom is -0.396 e. The van der Waals surface area contributed by atoms with Gasteiger partial charge < -0.3 is 30.1 Å². The molecule has 0 radical (unpaired) electrons. The predicted octanol–water partition coefficient (Wildman–Crippen LogP) is 4.56. The summed E-state index contributed by atoms with van der Waals surface area (Å²) in [5.41, 5.74) is 3.87. The molecule has 3 fully saturated rings. The SMILES string of the molecule is CC(C)N1Cc2nc(Nc3cc(NCC(CO)c4ccccc4)c(-c4nc(C56CCN(CC5)CC6)no4)cn3)ccc2C1=O. The number of aliphatic hydroxyl groups is 1. The molecule has 1 amide bonds. The van der Waals surface area contributed by atoms with Crippen molar-refractivity contribution in [2.45, 2.75) is 57.0 Å². The standard InChI is InChI=1S/C33H38N8O3/c1-21(2)41-19-27-24(31(41)43)8-9-28(36-27)37-29-16-26(34-17-23(20-42)22-6-4-3-5-7-22)25(18-35-29)30-38-32(39-44-30)33-10-13-40(14-11-33)15-12-33/h3-9,16,18,21,23,42H,10-15,17,19-20H2,1-2H3,(H2,34,35,36,37). The van der Waals surface area contributed by atoms with Crippen LogP contribution in [0.2, 0.25) is 0 Å². The smallest absolute Gasteiger partial charge is 0.261 e. The highest BCUT2D eigenvalue weighted by Crippen LogP contribution is 2.42. The molecule has 228 valence electrons. The summed E-state index contributed by atoms with van der Waals surface area (Å²) in [5, 5.41) is 21.5. The Morgan fingerprint density at radius 2 is 1.77 bits per heavy atom. The Morgan fingerprint density at radius 3 is 2.50 bits per heavy atom. The minimum atomic E-state index is -0.113. The maximum atomic E-state index is 12.7. The Kier molecular flexibility index (Phi) is 7.51. The summed E-state index contributed by atoms with van der Waals surface area (Å²) in [4.78, 5) is 31.4. The van der Waals surface area contributed by atoms with Gasteiger partial charge in [0.05, 0.1) is 35.7 Å². The zero-order valence-electron chi connectivity index (χ0n) is 25.2. The van der Waals surface area contributed by atoms with Crippen LogP contribution < -0.4 is 10.6 Å². The zero-order valence-corrected chi connectivity index (χ0v) is 25.2. The van der Waals surface area contributed by atoms with Crippen LogP contribution in [0, 0.1) is 0 Å². The van der Waals surface area contributed by atoms with E-state index < -0.39 is 0 Å². The molecule has 8 rings (SSSR count). The molecule has 11 heteroatoms. The molecular formula is C33H38N8O3. The average molecular weight is 595 g/mol. The Labute approximate surface area is 256 Å². The molecule has 4 aromatic rings. The largest absolute Gasteiger partial charge is 0.396 e. The van der Waals surface area contributed by atoms with Gasteiger partial charge in [-0.05, 0) is 70.4 Å². The molecule has 11 nitrogen and oxygen atoms in total. The first-order valence-corrected chi connectivity index (χ1v) is 15.5. The van der Waals surface area contributed by atoms with Crippen LogP contribution in [0.1, 0.15) is 66.5 Å². The summed E-state index contributed by atoms with van der Waals surface area (Å²) in [5.74, 6) is 2.28. The molecular weight excluding hydrogens is 556 g/mol. The van der Waals surface area contributed by atoms with E-state index >= 15 is 0 Å². The number of amides is 1. The molecule has 3 saturated heterocycles. The number of rotatable bonds is 10. The molecule has 3 aromatic heterocycles. The fraction of sp³-hybridized carbons (Fsp3) is 0.424. The summed E-state index contributed by atoms with van der Waals surface area (Å²) in [6.07, 6.45) is 4.86. The van der Waals surface area contributed by atoms with Crippen molar-refractivity contribution in [3.63, 3.8) is 0 Å². The van der Waals surface area contributed by atoms with Gasteiger partial charge in [0.25, 0.3) is 11.8 Å². The second-order valence-electron chi connectivity index (χ2n) is 12.4. The molecule has 0 saturated carbocycles. The van der Waals surface area contributed by atoms with E-state index in [2.05, 4.69) is 25.7 Å². The number of carbonyl (C=O) groups excluding carboxylic acids is 1. The van der Waals surface area contributed by atoms with Crippen LogP contribution in [0.5, 0.6) is 0 Å². The number of fused-ring (bicyclic) bond motifs is 4. The van der Waals surface area contributed by atoms with Crippen molar-refractivity contribution in [1.82, 2.24) is 29.9 Å². The Morgan fingerprint density at radius 1 is 1.00 bits per heavy atom. The zero-order chi connectivity index (χ0) is 30.3. The van der Waals surface area contributed by atoms with Crippen molar-refractivity contribution in [2.24, 2.45) is 0 Å². The number of nitrogens with one attached hydrogen (secondary N) is 2. The molecule has 4 aliphatic heterocycles. The first kappa shape index (κ1) is 28.4. The number of aromatic nitrogens is 4. The summed E-state index contributed by atoms with van der Waals surface area (Å²) in [6.45, 7) is 8.20. The van der Waals surface area contributed by atoms with Crippen LogP contribution in [0.25, 0.3) is 11.5 Å². The number of piperidine rings is 3. The number of anilines is 3. The van der Waals surface area contributed by atoms with Gasteiger partial charge in [-0.25, -0.2) is 9.97 Å². The van der Waals surface area contributed by atoms with Crippen LogP contribution >= 0.6 is 0 Å². The first-order valence-electron chi connectivity index (χ1n) is 15.5. The van der Waals surface area contributed by atoms with Crippen LogP contribution in [-0.4, -0.2) is 79.7 Å². The molecule has 1 atom stereocenters. The number of nitrogens with zero attached hydrogens (tertiary/aromatic N) is 6. The van der Waals surface area contributed by atoms with Crippen molar-refractivity contribution >= 4 is 23.2 Å². The second-order valence-corrected chi connectivity index (χ2v) is 12.4. The number of hydrogen-bond donors (Lipinski definition) is 3. The van der Waals surface area contributed by atoms with Crippen molar-refractivity contribution in [3.8, 4) is 11.5 Å². The quantitative estimate of drug-likeness (QED) is 0.240. The number of benzene rings is 1. The monoisotopic (exact) mass is 594 g/mol. The van der Waals surface area contributed by atoms with Crippen LogP contribution in [-0.2, 0) is 12.0 Å². The van der Waals surface area contributed by atoms with E-state index in [1.165, 1.54) is 0 Å². The van der Waals surface area contributed by atoms with Gasteiger partial charge in [-0.1, -0.05) is 35.5 Å². The second kappa shape index (κ2) is 11.6. The maximum Gasteiger partial charge on any atom is 0.261 e. The van der Waals surface area contributed by atoms with Crippen LogP contribution in [0.3, 0.4) is 0 Å². The minimum absolute atomic E-state index is 0.00204. The van der Waals surface area contributed by atoms with E-state index in [1.807, 2.05) is 61.2 Å². The van der Waals surface area contributed by atoms with Gasteiger partial charge in [0.15, 0.2) is 5.82 Å². The molecule has 44 heavy (non-hydrogen) atoms. The van der Waals surface area contributed by atoms with Gasteiger partial charge in [-0.3, -0.25) is 4.79 Å². The number of aliphatic hydroxyl groups excluding tert-OH is 1. The molecule has 7 heterocycles. The normalized spacial score (nSPS) is 21.5. The predicted molar refractivity (Wildman–Crippen MR) is 167 cm³/mol. The molecule has 3 N–H and O–H groups in total. The lowest BCUT2D eigenvalue weighted by Gasteiger charge is -2.46. The lowest BCUT2D eigenvalue weighted by molar-refractivity contribution is 0.0730. The summed E-state index contributed by atoms with van der Waals surface area (Å²) in [6, 6.07) is 15.6. The van der Waals surface area contributed by atoms with Gasteiger partial charge in [0, 0.05) is 36.2 Å². The Bertz CT molecular complexity index is 1630. The third-order valence-corrected chi connectivity index (χ3v) is 9.45. The molecule has 1 aromatic carbocycles. The van der Waals surface area contributed by atoms with Crippen molar-refractivity contribution in [1.29, 1.82) is 0 Å². The van der Waals surface area contributed by atoms with Gasteiger partial charge >= 0.3 is 0 Å². The molecule has 0 aliphatic carbocycles. The first-order chi connectivity index (χ1) is 21.4. The highest BCUT2D eigenvalue weighted by Gasteiger charge is 2.44. The van der Waals surface area contributed by atoms with E-state index in [0.29, 0.717) is 41.7 Å². The summed E-state index contributed by atoms with van der Waals surface area (Å²) < 4.78 is 5.88. The topological polar surface area (TPSA) is 133 Å². The van der Waals surface area contributed by atoms with E-state index in [0.717, 1.165) is 61.7 Å². The molecule has 2 bridgehead atoms. The van der Waals surface area contributed by atoms with E-state index in [1.54, 1.807) is 12.3 Å². The summed E-state index contributed by atoms with van der Waals surface area (Å²) in [7, 11) is 0. The molecule has 1 unspecified atom stereocenters. The van der Waals surface area contributed by atoms with Crippen molar-refractivity contribution < 1.29 is 14.4 Å². The number of carbonyl (C=O) groups is 1. The third-order valence-electron chi connectivity index (χ3n) is 9.45. The third kappa shape index (κ3) is 5.30. The van der Waals surface area contributed by atoms with Crippen LogP contribution in [0.4, 0.5) is 17.3 Å². The van der Waals surface area contributed by atoms with E-state index in [-0.39, 0.29) is 29.9 Å². The number of pyridine rings is 2. The van der Waals surface area contributed by atoms with Gasteiger partial charge in [-0.2, -0.15) is 4.98 Å². The highest BCUT2D eigenvalue weighted by molar-refractivity contribution is 5.98. The van der Waals surface area contributed by atoms with Crippen molar-refractivity contribution in [3.05, 3.63) is 77.4 Å². The lowest BCUT2D eigenvalue weighted by Crippen LogP contribution is -2.51. The van der Waals surface area contributed by atoms with Gasteiger partial charge in [0.2, 0.25) is 0 Å². The van der Waals surface area contributed by atoms with E-state index in [4.69, 9.17) is 14.5 Å². The van der Waals surface area contributed by atoms with Crippen LogP contribution in [0.15, 0.2) is 59.3 Å². The number of hydrogen-bond acceptors (Lipinski definition) is 10. The van der Waals surface area contributed by atoms with Gasteiger partial charge in [0.1, 0.15) is 11.6 Å². The van der Waals surface area contributed by atoms with E-state index in [9.17, 15) is 9.90 Å². The van der Waals surface area contributed by atoms with Gasteiger partial charge in [-0.15, -0.1) is 0 Å². The lowest BCUT2D eigenvalue weighted by atomic mass is 9.71. The molecule has 4 aliphatic rings. The molecule has 0 spiro atoms. The highest BCUT2D eigenvalue weighted by atomic mass is 16.5. The Balaban J connectivity index is 1.18. The maximum absolute atomic E-state index is 12.7. The fourth-order valence-corrected chi connectivity index (χ4v) is 6.62. The average Bonchev–Trinajstić information content (AvgIpc) is 3.69.